The number of alkyl carbamates (subject to hydrolysis) is 1. The maximum Gasteiger partial charge on any atom is 0.408 e. The summed E-state index contributed by atoms with van der Waals surface area (Å²) >= 11 is 1.03. The highest BCUT2D eigenvalue weighted by Crippen LogP contribution is 2.18. The van der Waals surface area contributed by atoms with Crippen molar-refractivity contribution in [2.45, 2.75) is 44.9 Å². The van der Waals surface area contributed by atoms with Gasteiger partial charge in [0.05, 0.1) is 0 Å². The van der Waals surface area contributed by atoms with E-state index in [4.69, 9.17) is 4.74 Å². The van der Waals surface area contributed by atoms with E-state index in [0.29, 0.717) is 18.6 Å². The molecule has 1 aliphatic heterocycles. The minimum Gasteiger partial charge on any atom is -0.480 e. The summed E-state index contributed by atoms with van der Waals surface area (Å²) in [6.45, 7) is 1.45. The maximum atomic E-state index is 12.9. The zero-order valence-electron chi connectivity index (χ0n) is 16.1. The van der Waals surface area contributed by atoms with Crippen LogP contribution in [0.1, 0.15) is 31.7 Å². The summed E-state index contributed by atoms with van der Waals surface area (Å²) in [5.41, 5.74) is 0.794. The maximum absolute atomic E-state index is 12.9. The Balaban J connectivity index is 2.04. The Morgan fingerprint density at radius 1 is 1.28 bits per heavy atom. The van der Waals surface area contributed by atoms with E-state index >= 15 is 0 Å². The summed E-state index contributed by atoms with van der Waals surface area (Å²) in [5.74, 6) is -1.35. The van der Waals surface area contributed by atoms with Crippen LogP contribution in [0.2, 0.25) is 0 Å². The summed E-state index contributed by atoms with van der Waals surface area (Å²) in [6, 6.07) is 7.08. The number of carboxylic acids is 1. The average molecular weight is 420 g/mol. The highest BCUT2D eigenvalue weighted by Gasteiger charge is 2.34. The fourth-order valence-corrected chi connectivity index (χ4v) is 3.46. The van der Waals surface area contributed by atoms with Crippen molar-refractivity contribution in [3.05, 3.63) is 48.2 Å². The van der Waals surface area contributed by atoms with Crippen molar-refractivity contribution in [1.29, 1.82) is 0 Å². The molecule has 9 heteroatoms. The number of amides is 2. The van der Waals surface area contributed by atoms with Gasteiger partial charge in [-0.2, -0.15) is 0 Å². The Hall–Kier alpha value is -2.81. The molecule has 2 N–H and O–H groups in total. The van der Waals surface area contributed by atoms with Crippen molar-refractivity contribution in [1.82, 2.24) is 10.2 Å². The molecule has 1 aromatic rings. The van der Waals surface area contributed by atoms with Crippen molar-refractivity contribution in [3.63, 3.8) is 0 Å². The van der Waals surface area contributed by atoms with Gasteiger partial charge in [-0.1, -0.05) is 48.2 Å². The van der Waals surface area contributed by atoms with Gasteiger partial charge in [0.2, 0.25) is 5.91 Å². The summed E-state index contributed by atoms with van der Waals surface area (Å²) in [4.78, 5) is 49.0. The van der Waals surface area contributed by atoms with Crippen LogP contribution >= 0.6 is 11.8 Å². The second-order valence-corrected chi connectivity index (χ2v) is 7.72. The van der Waals surface area contributed by atoms with Gasteiger partial charge in [-0.05, 0) is 24.8 Å². The van der Waals surface area contributed by atoms with Gasteiger partial charge in [-0.15, -0.1) is 0 Å². The number of hydrogen-bond donors (Lipinski definition) is 2. The molecule has 0 bridgehead atoms. The Morgan fingerprint density at radius 2 is 2.00 bits per heavy atom. The van der Waals surface area contributed by atoms with Crippen LogP contribution in [0.25, 0.3) is 0 Å². The predicted octanol–water partition coefficient (Wildman–Crippen LogP) is 2.54. The van der Waals surface area contributed by atoms with E-state index in [1.807, 2.05) is 18.2 Å². The number of rotatable bonds is 8. The van der Waals surface area contributed by atoms with Gasteiger partial charge in [-0.25, -0.2) is 9.59 Å². The van der Waals surface area contributed by atoms with Crippen molar-refractivity contribution < 1.29 is 29.0 Å². The highest BCUT2D eigenvalue weighted by atomic mass is 32.2. The number of thioether (sulfide) groups is 1. The van der Waals surface area contributed by atoms with Crippen LogP contribution in [0.5, 0.6) is 0 Å². The average Bonchev–Trinajstić information content (AvgIpc) is 2.71. The van der Waals surface area contributed by atoms with E-state index in [0.717, 1.165) is 22.2 Å². The summed E-state index contributed by atoms with van der Waals surface area (Å²) in [6.07, 6.45) is 3.38. The molecule has 1 heterocycles. The Kier molecular flexibility index (Phi) is 8.72. The first-order valence-corrected chi connectivity index (χ1v) is 10.2. The van der Waals surface area contributed by atoms with Gasteiger partial charge in [-0.3, -0.25) is 9.59 Å². The molecular weight excluding hydrogens is 396 g/mol. The molecule has 0 aromatic heterocycles. The lowest BCUT2D eigenvalue weighted by atomic mass is 10.0. The van der Waals surface area contributed by atoms with Crippen molar-refractivity contribution in [3.8, 4) is 0 Å². The van der Waals surface area contributed by atoms with E-state index in [9.17, 15) is 24.3 Å². The molecule has 2 atom stereocenters. The SMILES string of the molecule is CC(=O)SCC[C@H](NC(=O)OCc1ccccc1)C(=O)N1C=CCCC1C(=O)O. The first-order chi connectivity index (χ1) is 13.9. The molecule has 2 amide bonds. The van der Waals surface area contributed by atoms with Crippen LogP contribution in [0.15, 0.2) is 42.6 Å². The lowest BCUT2D eigenvalue weighted by molar-refractivity contribution is -0.149. The van der Waals surface area contributed by atoms with Gasteiger partial charge in [0.1, 0.15) is 18.7 Å². The number of aliphatic carboxylic acids is 1. The van der Waals surface area contributed by atoms with Gasteiger partial charge in [0.25, 0.3) is 0 Å². The molecule has 8 nitrogen and oxygen atoms in total. The Morgan fingerprint density at radius 3 is 2.66 bits per heavy atom. The van der Waals surface area contributed by atoms with E-state index in [2.05, 4.69) is 5.32 Å². The van der Waals surface area contributed by atoms with Crippen LogP contribution in [0.4, 0.5) is 4.79 Å². The molecule has 1 unspecified atom stereocenters. The topological polar surface area (TPSA) is 113 Å². The minimum absolute atomic E-state index is 0.0388. The van der Waals surface area contributed by atoms with Crippen molar-refractivity contribution in [2.24, 2.45) is 0 Å². The second-order valence-electron chi connectivity index (χ2n) is 6.45. The fourth-order valence-electron chi connectivity index (χ4n) is 2.82. The lowest BCUT2D eigenvalue weighted by Crippen LogP contribution is -2.52. The monoisotopic (exact) mass is 420 g/mol. The zero-order chi connectivity index (χ0) is 21.2. The van der Waals surface area contributed by atoms with Gasteiger partial charge in [0, 0.05) is 18.9 Å². The third kappa shape index (κ3) is 7.26. The van der Waals surface area contributed by atoms with Gasteiger partial charge >= 0.3 is 12.1 Å². The first kappa shape index (κ1) is 22.5. The van der Waals surface area contributed by atoms with Crippen LogP contribution < -0.4 is 5.32 Å². The Labute approximate surface area is 173 Å². The molecule has 156 valence electrons. The van der Waals surface area contributed by atoms with Crippen molar-refractivity contribution >= 4 is 34.8 Å². The fraction of sp³-hybridized carbons (Fsp3) is 0.400. The number of benzene rings is 1. The quantitative estimate of drug-likeness (QED) is 0.664. The normalized spacial score (nSPS) is 16.7. The molecule has 0 radical (unpaired) electrons. The van der Waals surface area contributed by atoms with Crippen LogP contribution in [0, 0.1) is 0 Å². The standard InChI is InChI=1S/C20H24N2O6S/c1-14(23)29-12-10-16(18(24)22-11-6-5-9-17(22)19(25)26)21-20(27)28-13-15-7-3-2-4-8-15/h2-4,6-8,11,16-17H,5,9-10,12-13H2,1H3,(H,21,27)(H,25,26)/t16-,17?/m0/s1. The molecule has 0 saturated carbocycles. The molecule has 0 fully saturated rings. The molecule has 1 aliphatic rings. The zero-order valence-corrected chi connectivity index (χ0v) is 16.9. The van der Waals surface area contributed by atoms with E-state index in [1.165, 1.54) is 13.1 Å². The number of ether oxygens (including phenoxy) is 1. The molecule has 2 rings (SSSR count). The molecule has 0 aliphatic carbocycles. The third-order valence-corrected chi connectivity index (χ3v) is 5.11. The summed E-state index contributed by atoms with van der Waals surface area (Å²) in [5, 5.41) is 11.8. The van der Waals surface area contributed by atoms with Crippen LogP contribution in [-0.4, -0.2) is 50.9 Å². The van der Waals surface area contributed by atoms with Gasteiger partial charge < -0.3 is 20.1 Å². The second kappa shape index (κ2) is 11.3. The molecule has 1 aromatic carbocycles. The smallest absolute Gasteiger partial charge is 0.408 e. The largest absolute Gasteiger partial charge is 0.480 e. The number of hydrogen-bond acceptors (Lipinski definition) is 6. The highest BCUT2D eigenvalue weighted by molar-refractivity contribution is 8.13. The predicted molar refractivity (Wildman–Crippen MR) is 108 cm³/mol. The Bertz CT molecular complexity index is 767. The number of nitrogens with one attached hydrogen (secondary N) is 1. The van der Waals surface area contributed by atoms with E-state index < -0.39 is 30.1 Å². The molecule has 0 saturated heterocycles. The van der Waals surface area contributed by atoms with Gasteiger partial charge in [0.15, 0.2) is 5.12 Å². The number of nitrogens with zero attached hydrogens (tertiary/aromatic N) is 1. The molecule has 0 spiro atoms. The van der Waals surface area contributed by atoms with Crippen LogP contribution in [-0.2, 0) is 25.7 Å². The van der Waals surface area contributed by atoms with E-state index in [1.54, 1.807) is 18.2 Å². The van der Waals surface area contributed by atoms with Crippen LogP contribution in [0.3, 0.4) is 0 Å². The number of allylic oxidation sites excluding steroid dienone is 1. The lowest BCUT2D eigenvalue weighted by Gasteiger charge is -2.31. The van der Waals surface area contributed by atoms with E-state index in [-0.39, 0.29) is 18.1 Å². The third-order valence-electron chi connectivity index (χ3n) is 4.26. The molecule has 29 heavy (non-hydrogen) atoms. The minimum atomic E-state index is -1.11. The number of carbonyl (C=O) groups excluding carboxylic acids is 3. The summed E-state index contributed by atoms with van der Waals surface area (Å²) < 4.78 is 5.17. The molecular formula is C20H24N2O6S. The number of carbonyl (C=O) groups is 4. The first-order valence-electron chi connectivity index (χ1n) is 9.20. The number of carboxylic acid groups (broad SMARTS) is 1. The van der Waals surface area contributed by atoms with Crippen molar-refractivity contribution in [2.75, 3.05) is 5.75 Å². The summed E-state index contributed by atoms with van der Waals surface area (Å²) in [7, 11) is 0.